The molecule has 1 heterocycles. The summed E-state index contributed by atoms with van der Waals surface area (Å²) in [6.07, 6.45) is 0. The Labute approximate surface area is 97.2 Å². The summed E-state index contributed by atoms with van der Waals surface area (Å²) in [4.78, 5) is 15.4. The number of hydrogen-bond donors (Lipinski definition) is 2. The van der Waals surface area contributed by atoms with Crippen LogP contribution in [0.2, 0.25) is 0 Å². The lowest BCUT2D eigenvalue weighted by Crippen LogP contribution is -2.31. The number of aromatic nitrogens is 1. The van der Waals surface area contributed by atoms with Crippen LogP contribution in [0.4, 0.5) is 0 Å². The molecule has 0 fully saturated rings. The fourth-order valence-corrected chi connectivity index (χ4v) is 2.00. The van der Waals surface area contributed by atoms with E-state index in [0.717, 1.165) is 15.9 Å². The van der Waals surface area contributed by atoms with E-state index in [0.29, 0.717) is 0 Å². The van der Waals surface area contributed by atoms with Crippen LogP contribution in [0.15, 0.2) is 41.4 Å². The fourth-order valence-electron chi connectivity index (χ4n) is 1.31. The zero-order valence-corrected chi connectivity index (χ0v) is 9.33. The predicted molar refractivity (Wildman–Crippen MR) is 64.8 cm³/mol. The first kappa shape index (κ1) is 10.9. The van der Waals surface area contributed by atoms with Crippen LogP contribution in [-0.2, 0) is 4.79 Å². The summed E-state index contributed by atoms with van der Waals surface area (Å²) in [6.45, 7) is 0. The van der Waals surface area contributed by atoms with Crippen LogP contribution in [0.3, 0.4) is 0 Å². The van der Waals surface area contributed by atoms with Crippen molar-refractivity contribution >= 4 is 28.6 Å². The third-order valence-corrected chi connectivity index (χ3v) is 3.01. The summed E-state index contributed by atoms with van der Waals surface area (Å²) in [7, 11) is 0. The van der Waals surface area contributed by atoms with E-state index in [9.17, 15) is 4.79 Å². The van der Waals surface area contributed by atoms with Gasteiger partial charge in [-0.15, -0.1) is 0 Å². The lowest BCUT2D eigenvalue weighted by atomic mass is 10.2. The number of carbonyl (C=O) groups excluding carboxylic acids is 1. The maximum absolute atomic E-state index is 11.0. The highest BCUT2D eigenvalue weighted by Gasteiger charge is 2.02. The number of thioether (sulfide) groups is 1. The molecular weight excluding hydrogens is 222 g/mol. The summed E-state index contributed by atoms with van der Waals surface area (Å²) in [5.41, 5.74) is 3.02. The van der Waals surface area contributed by atoms with Gasteiger partial charge in [0.05, 0.1) is 16.3 Å². The van der Waals surface area contributed by atoms with Gasteiger partial charge in [-0.1, -0.05) is 36.0 Å². The van der Waals surface area contributed by atoms with Gasteiger partial charge in [0.2, 0.25) is 5.91 Å². The third kappa shape index (κ3) is 2.50. The van der Waals surface area contributed by atoms with Gasteiger partial charge in [0.15, 0.2) is 0 Å². The van der Waals surface area contributed by atoms with E-state index in [1.165, 1.54) is 11.8 Å². The number of benzene rings is 1. The van der Waals surface area contributed by atoms with Crippen LogP contribution in [0.5, 0.6) is 0 Å². The largest absolute Gasteiger partial charge is 0.294 e. The molecule has 0 radical (unpaired) electrons. The second-order valence-electron chi connectivity index (χ2n) is 3.20. The number of hydrazine groups is 1. The van der Waals surface area contributed by atoms with Gasteiger partial charge in [0.25, 0.3) is 0 Å². The SMILES string of the molecule is NNC(=O)CSc1ccc2ccccc2n1. The van der Waals surface area contributed by atoms with Gasteiger partial charge < -0.3 is 0 Å². The molecule has 5 heteroatoms. The maximum Gasteiger partial charge on any atom is 0.244 e. The van der Waals surface area contributed by atoms with Crippen molar-refractivity contribution in [2.45, 2.75) is 5.03 Å². The zero-order valence-electron chi connectivity index (χ0n) is 8.51. The van der Waals surface area contributed by atoms with Crippen molar-refractivity contribution in [3.8, 4) is 0 Å². The molecule has 0 aliphatic rings. The van der Waals surface area contributed by atoms with Crippen molar-refractivity contribution in [1.82, 2.24) is 10.4 Å². The van der Waals surface area contributed by atoms with Crippen molar-refractivity contribution in [3.63, 3.8) is 0 Å². The molecule has 1 amide bonds. The van der Waals surface area contributed by atoms with Crippen molar-refractivity contribution in [2.75, 3.05) is 5.75 Å². The highest BCUT2D eigenvalue weighted by Crippen LogP contribution is 2.19. The normalized spacial score (nSPS) is 10.3. The quantitative estimate of drug-likeness (QED) is 0.363. The first-order chi connectivity index (χ1) is 7.79. The molecule has 0 saturated heterocycles. The minimum absolute atomic E-state index is 0.208. The van der Waals surface area contributed by atoms with E-state index in [1.807, 2.05) is 36.4 Å². The molecular formula is C11H11N3OS. The van der Waals surface area contributed by atoms with Gasteiger partial charge in [-0.25, -0.2) is 10.8 Å². The van der Waals surface area contributed by atoms with Crippen molar-refractivity contribution in [3.05, 3.63) is 36.4 Å². The van der Waals surface area contributed by atoms with Crippen LogP contribution < -0.4 is 11.3 Å². The molecule has 2 rings (SSSR count). The lowest BCUT2D eigenvalue weighted by Gasteiger charge is -2.02. The number of para-hydroxylation sites is 1. The first-order valence-corrected chi connectivity index (χ1v) is 5.76. The molecule has 1 aromatic carbocycles. The molecule has 4 nitrogen and oxygen atoms in total. The van der Waals surface area contributed by atoms with Crippen molar-refractivity contribution in [1.29, 1.82) is 0 Å². The summed E-state index contributed by atoms with van der Waals surface area (Å²) >= 11 is 1.36. The van der Waals surface area contributed by atoms with Gasteiger partial charge in [0, 0.05) is 5.39 Å². The number of nitrogens with two attached hydrogens (primary N) is 1. The Morgan fingerprint density at radius 1 is 1.31 bits per heavy atom. The highest BCUT2D eigenvalue weighted by molar-refractivity contribution is 7.99. The number of hydrogen-bond acceptors (Lipinski definition) is 4. The topological polar surface area (TPSA) is 68.0 Å². The smallest absolute Gasteiger partial charge is 0.244 e. The molecule has 0 unspecified atom stereocenters. The Morgan fingerprint density at radius 2 is 2.12 bits per heavy atom. The molecule has 0 bridgehead atoms. The van der Waals surface area contributed by atoms with E-state index < -0.39 is 0 Å². The Hall–Kier alpha value is -1.59. The molecule has 82 valence electrons. The lowest BCUT2D eigenvalue weighted by molar-refractivity contribution is -0.118. The zero-order chi connectivity index (χ0) is 11.4. The van der Waals surface area contributed by atoms with E-state index in [-0.39, 0.29) is 11.7 Å². The first-order valence-electron chi connectivity index (χ1n) is 4.77. The average Bonchev–Trinajstić information content (AvgIpc) is 2.35. The van der Waals surface area contributed by atoms with E-state index in [4.69, 9.17) is 5.84 Å². The number of nitrogens with one attached hydrogen (secondary N) is 1. The standard InChI is InChI=1S/C11H11N3OS/c12-14-10(15)7-16-11-6-5-8-3-1-2-4-9(8)13-11/h1-6H,7,12H2,(H,14,15). The van der Waals surface area contributed by atoms with E-state index in [1.54, 1.807) is 0 Å². The summed E-state index contributed by atoms with van der Waals surface area (Å²) in [5, 5.41) is 1.91. The number of nitrogens with zero attached hydrogens (tertiary/aromatic N) is 1. The highest BCUT2D eigenvalue weighted by atomic mass is 32.2. The minimum atomic E-state index is -0.208. The number of fused-ring (bicyclic) bond motifs is 1. The van der Waals surface area contributed by atoms with Gasteiger partial charge in [-0.05, 0) is 12.1 Å². The molecule has 16 heavy (non-hydrogen) atoms. The molecule has 2 aromatic rings. The van der Waals surface area contributed by atoms with Gasteiger partial charge >= 0.3 is 0 Å². The van der Waals surface area contributed by atoms with Crippen LogP contribution in [0.25, 0.3) is 10.9 Å². The molecule has 1 aromatic heterocycles. The minimum Gasteiger partial charge on any atom is -0.294 e. The van der Waals surface area contributed by atoms with Gasteiger partial charge in [-0.2, -0.15) is 0 Å². The van der Waals surface area contributed by atoms with Crippen molar-refractivity contribution < 1.29 is 4.79 Å². The van der Waals surface area contributed by atoms with Crippen molar-refractivity contribution in [2.24, 2.45) is 5.84 Å². The Morgan fingerprint density at radius 3 is 2.94 bits per heavy atom. The van der Waals surface area contributed by atoms with Gasteiger partial charge in [0.1, 0.15) is 0 Å². The van der Waals surface area contributed by atoms with Crippen LogP contribution >= 0.6 is 11.8 Å². The Bertz CT molecular complexity index is 515. The number of rotatable bonds is 3. The molecule has 0 saturated carbocycles. The van der Waals surface area contributed by atoms with E-state index in [2.05, 4.69) is 10.4 Å². The average molecular weight is 233 g/mol. The number of amides is 1. The monoisotopic (exact) mass is 233 g/mol. The predicted octanol–water partition coefficient (Wildman–Crippen LogP) is 1.32. The molecule has 0 atom stereocenters. The number of pyridine rings is 1. The van der Waals surface area contributed by atoms with Crippen LogP contribution in [0.1, 0.15) is 0 Å². The Kier molecular flexibility index (Phi) is 3.38. The maximum atomic E-state index is 11.0. The third-order valence-electron chi connectivity index (χ3n) is 2.09. The molecule has 3 N–H and O–H groups in total. The molecule has 0 aliphatic heterocycles. The van der Waals surface area contributed by atoms with Gasteiger partial charge in [-0.3, -0.25) is 10.2 Å². The van der Waals surface area contributed by atoms with E-state index >= 15 is 0 Å². The van der Waals surface area contributed by atoms with Crippen LogP contribution in [-0.4, -0.2) is 16.6 Å². The fraction of sp³-hybridized carbons (Fsp3) is 0.0909. The summed E-state index contributed by atoms with van der Waals surface area (Å²) in [5.74, 6) is 5.06. The molecule has 0 spiro atoms. The Balaban J connectivity index is 2.16. The molecule has 0 aliphatic carbocycles. The second-order valence-corrected chi connectivity index (χ2v) is 4.19. The summed E-state index contributed by atoms with van der Waals surface area (Å²) in [6, 6.07) is 11.8. The van der Waals surface area contributed by atoms with Crippen LogP contribution in [0, 0.1) is 0 Å². The second kappa shape index (κ2) is 4.96. The number of carbonyl (C=O) groups is 1. The summed E-state index contributed by atoms with van der Waals surface area (Å²) < 4.78 is 0.